The van der Waals surface area contributed by atoms with Crippen molar-refractivity contribution < 1.29 is 14.3 Å². The van der Waals surface area contributed by atoms with Gasteiger partial charge in [-0.25, -0.2) is 4.39 Å². The van der Waals surface area contributed by atoms with Crippen LogP contribution in [-0.4, -0.2) is 16.7 Å². The molecule has 0 saturated heterocycles. The molecular formula is C9H17FO2. The van der Waals surface area contributed by atoms with Gasteiger partial charge in [-0.05, 0) is 19.3 Å². The van der Waals surface area contributed by atoms with E-state index in [2.05, 4.69) is 0 Å². The van der Waals surface area contributed by atoms with E-state index in [1.165, 1.54) is 13.8 Å². The molecule has 0 aromatic heterocycles. The topological polar surface area (TPSA) is 37.3 Å². The van der Waals surface area contributed by atoms with Gasteiger partial charge in [0, 0.05) is 0 Å². The molecule has 1 unspecified atom stereocenters. The second-order valence-electron chi connectivity index (χ2n) is 4.70. The molecule has 0 aliphatic carbocycles. The van der Waals surface area contributed by atoms with Gasteiger partial charge in [0.25, 0.3) is 0 Å². The van der Waals surface area contributed by atoms with Gasteiger partial charge in [0.05, 0.1) is 5.92 Å². The minimum absolute atomic E-state index is 0.552. The zero-order chi connectivity index (χ0) is 10.2. The average molecular weight is 176 g/mol. The van der Waals surface area contributed by atoms with E-state index in [9.17, 15) is 9.18 Å². The zero-order valence-corrected chi connectivity index (χ0v) is 8.31. The molecule has 0 aliphatic heterocycles. The highest BCUT2D eigenvalue weighted by atomic mass is 19.1. The lowest BCUT2D eigenvalue weighted by atomic mass is 9.73. The van der Waals surface area contributed by atoms with Gasteiger partial charge in [-0.15, -0.1) is 0 Å². The second kappa shape index (κ2) is 3.04. The standard InChI is InChI=1S/C9H17FO2/c1-8(2,3)6(7(11)12)9(4,5)10/h6H,1-5H3,(H,11,12). The van der Waals surface area contributed by atoms with E-state index in [0.717, 1.165) is 0 Å². The Kier molecular flexibility index (Phi) is 2.88. The van der Waals surface area contributed by atoms with Crippen LogP contribution < -0.4 is 0 Å². The molecule has 3 heteroatoms. The lowest BCUT2D eigenvalue weighted by Crippen LogP contribution is -2.42. The van der Waals surface area contributed by atoms with E-state index in [0.29, 0.717) is 0 Å². The summed E-state index contributed by atoms with van der Waals surface area (Å²) in [5.41, 5.74) is -2.23. The minimum atomic E-state index is -1.68. The molecule has 1 N–H and O–H groups in total. The highest BCUT2D eigenvalue weighted by Crippen LogP contribution is 2.36. The third-order valence-corrected chi connectivity index (χ3v) is 1.80. The smallest absolute Gasteiger partial charge is 0.310 e. The number of halogens is 1. The van der Waals surface area contributed by atoms with Gasteiger partial charge in [0.15, 0.2) is 0 Å². The van der Waals surface area contributed by atoms with Crippen LogP contribution in [0.25, 0.3) is 0 Å². The first-order valence-electron chi connectivity index (χ1n) is 3.98. The van der Waals surface area contributed by atoms with Crippen LogP contribution in [0.2, 0.25) is 0 Å². The predicted molar refractivity (Wildman–Crippen MR) is 45.8 cm³/mol. The lowest BCUT2D eigenvalue weighted by Gasteiger charge is -2.34. The van der Waals surface area contributed by atoms with Crippen LogP contribution in [0.4, 0.5) is 4.39 Å². The molecule has 0 aliphatic rings. The number of aliphatic carboxylic acids is 1. The van der Waals surface area contributed by atoms with Crippen LogP contribution in [0.3, 0.4) is 0 Å². The van der Waals surface area contributed by atoms with E-state index >= 15 is 0 Å². The normalized spacial score (nSPS) is 15.8. The van der Waals surface area contributed by atoms with Crippen LogP contribution in [-0.2, 0) is 4.79 Å². The van der Waals surface area contributed by atoms with E-state index in [1.807, 2.05) is 0 Å². The summed E-state index contributed by atoms with van der Waals surface area (Å²) in [6.07, 6.45) is 0. The zero-order valence-electron chi connectivity index (χ0n) is 8.31. The Morgan fingerprint density at radius 3 is 1.58 bits per heavy atom. The van der Waals surface area contributed by atoms with E-state index < -0.39 is 23.0 Å². The van der Waals surface area contributed by atoms with Crippen LogP contribution in [0.1, 0.15) is 34.6 Å². The molecular weight excluding hydrogens is 159 g/mol. The maximum atomic E-state index is 13.4. The van der Waals surface area contributed by atoms with Crippen LogP contribution in [0, 0.1) is 11.3 Å². The first-order valence-corrected chi connectivity index (χ1v) is 3.98. The molecule has 0 aromatic carbocycles. The van der Waals surface area contributed by atoms with Gasteiger partial charge in [0.1, 0.15) is 5.67 Å². The largest absolute Gasteiger partial charge is 0.481 e. The maximum absolute atomic E-state index is 13.4. The van der Waals surface area contributed by atoms with E-state index in [1.54, 1.807) is 20.8 Å². The molecule has 72 valence electrons. The third kappa shape index (κ3) is 2.80. The number of hydrogen-bond donors (Lipinski definition) is 1. The van der Waals surface area contributed by atoms with Crippen molar-refractivity contribution in [3.8, 4) is 0 Å². The monoisotopic (exact) mass is 176 g/mol. The Labute approximate surface area is 72.8 Å². The van der Waals surface area contributed by atoms with Crippen molar-refractivity contribution in [1.82, 2.24) is 0 Å². The van der Waals surface area contributed by atoms with Crippen LogP contribution in [0.15, 0.2) is 0 Å². The van der Waals surface area contributed by atoms with Gasteiger partial charge < -0.3 is 5.11 Å². The molecule has 0 heterocycles. The first kappa shape index (κ1) is 11.4. The Morgan fingerprint density at radius 2 is 1.58 bits per heavy atom. The summed E-state index contributed by atoms with van der Waals surface area (Å²) in [7, 11) is 0. The molecule has 2 nitrogen and oxygen atoms in total. The molecule has 1 atom stereocenters. The Bertz CT molecular complexity index is 160. The molecule has 0 spiro atoms. The number of alkyl halides is 1. The molecule has 0 radical (unpaired) electrons. The molecule has 0 rings (SSSR count). The summed E-state index contributed by atoms with van der Waals surface area (Å²) in [4.78, 5) is 10.8. The minimum Gasteiger partial charge on any atom is -0.481 e. The van der Waals surface area contributed by atoms with Crippen molar-refractivity contribution in [2.75, 3.05) is 0 Å². The average Bonchev–Trinajstić information content (AvgIpc) is 1.49. The number of hydrogen-bond acceptors (Lipinski definition) is 1. The molecule has 0 amide bonds. The number of carbonyl (C=O) groups is 1. The Hall–Kier alpha value is -0.600. The fourth-order valence-electron chi connectivity index (χ4n) is 1.69. The van der Waals surface area contributed by atoms with Crippen molar-refractivity contribution in [2.45, 2.75) is 40.3 Å². The summed E-state index contributed by atoms with van der Waals surface area (Å²) in [5, 5.41) is 8.80. The van der Waals surface area contributed by atoms with Crippen LogP contribution in [0.5, 0.6) is 0 Å². The van der Waals surface area contributed by atoms with Gasteiger partial charge in [0.2, 0.25) is 0 Å². The van der Waals surface area contributed by atoms with Crippen molar-refractivity contribution in [3.05, 3.63) is 0 Å². The van der Waals surface area contributed by atoms with Gasteiger partial charge >= 0.3 is 5.97 Å². The summed E-state index contributed by atoms with van der Waals surface area (Å²) >= 11 is 0. The van der Waals surface area contributed by atoms with Crippen molar-refractivity contribution >= 4 is 5.97 Å². The van der Waals surface area contributed by atoms with Gasteiger partial charge in [-0.2, -0.15) is 0 Å². The summed E-state index contributed by atoms with van der Waals surface area (Å²) < 4.78 is 13.4. The Balaban J connectivity index is 4.82. The molecule has 0 fully saturated rings. The Morgan fingerprint density at radius 1 is 1.25 bits per heavy atom. The summed E-state index contributed by atoms with van der Waals surface area (Å²) in [6, 6.07) is 0. The predicted octanol–water partition coefficient (Wildman–Crippen LogP) is 2.48. The lowest BCUT2D eigenvalue weighted by molar-refractivity contribution is -0.152. The van der Waals surface area contributed by atoms with Crippen LogP contribution >= 0.6 is 0 Å². The number of carboxylic acid groups (broad SMARTS) is 1. The third-order valence-electron chi connectivity index (χ3n) is 1.80. The molecule has 0 aromatic rings. The van der Waals surface area contributed by atoms with Gasteiger partial charge in [-0.3, -0.25) is 4.79 Å². The van der Waals surface area contributed by atoms with Crippen molar-refractivity contribution in [1.29, 1.82) is 0 Å². The SMILES string of the molecule is CC(C)(C)C(C(=O)O)C(C)(C)F. The highest BCUT2D eigenvalue weighted by Gasteiger charge is 2.43. The maximum Gasteiger partial charge on any atom is 0.310 e. The molecule has 12 heavy (non-hydrogen) atoms. The summed E-state index contributed by atoms with van der Waals surface area (Å²) in [5.74, 6) is -2.04. The molecule has 0 bridgehead atoms. The number of rotatable bonds is 2. The van der Waals surface area contributed by atoms with E-state index in [4.69, 9.17) is 5.11 Å². The van der Waals surface area contributed by atoms with Crippen molar-refractivity contribution in [2.24, 2.45) is 11.3 Å². The second-order valence-corrected chi connectivity index (χ2v) is 4.70. The quantitative estimate of drug-likeness (QED) is 0.701. The van der Waals surface area contributed by atoms with Gasteiger partial charge in [-0.1, -0.05) is 20.8 Å². The highest BCUT2D eigenvalue weighted by molar-refractivity contribution is 5.72. The van der Waals surface area contributed by atoms with E-state index in [-0.39, 0.29) is 0 Å². The fraction of sp³-hybridized carbons (Fsp3) is 0.889. The van der Waals surface area contributed by atoms with Crippen molar-refractivity contribution in [3.63, 3.8) is 0 Å². The fourth-order valence-corrected chi connectivity index (χ4v) is 1.69. The first-order chi connectivity index (χ1) is 5.07. The molecule has 0 saturated carbocycles. The number of carboxylic acids is 1. The summed E-state index contributed by atoms with van der Waals surface area (Å²) in [6.45, 7) is 7.79.